The summed E-state index contributed by atoms with van der Waals surface area (Å²) in [5.74, 6) is -0.967. The summed E-state index contributed by atoms with van der Waals surface area (Å²) in [6, 6.07) is 16.6. The second-order valence-electron chi connectivity index (χ2n) is 8.93. The Hall–Kier alpha value is -2.78. The molecule has 39 heavy (non-hydrogen) atoms. The molecule has 1 N–H and O–H groups in total. The number of nitrogens with one attached hydrogen (secondary N) is 1. The van der Waals surface area contributed by atoms with Crippen LogP contribution in [0.15, 0.2) is 71.6 Å². The predicted molar refractivity (Wildman–Crippen MR) is 157 cm³/mol. The molecule has 0 saturated heterocycles. The number of carbonyl (C=O) groups is 2. The summed E-state index contributed by atoms with van der Waals surface area (Å²) in [5, 5.41) is 3.89. The van der Waals surface area contributed by atoms with Crippen LogP contribution in [-0.4, -0.2) is 44.3 Å². The van der Waals surface area contributed by atoms with E-state index in [4.69, 9.17) is 34.8 Å². The Morgan fingerprint density at radius 2 is 1.64 bits per heavy atom. The summed E-state index contributed by atoms with van der Waals surface area (Å²) in [6.45, 7) is 5.01. The number of anilines is 1. The van der Waals surface area contributed by atoms with E-state index in [0.717, 1.165) is 4.31 Å². The highest BCUT2D eigenvalue weighted by Gasteiger charge is 2.33. The lowest BCUT2D eigenvalue weighted by Gasteiger charge is -2.32. The fraction of sp³-hybridized carbons (Fsp3) is 0.286. The molecule has 0 heterocycles. The maximum Gasteiger partial charge on any atom is 0.264 e. The van der Waals surface area contributed by atoms with Gasteiger partial charge in [0.15, 0.2) is 0 Å². The molecule has 0 fully saturated rings. The van der Waals surface area contributed by atoms with E-state index in [1.165, 1.54) is 17.0 Å². The highest BCUT2D eigenvalue weighted by molar-refractivity contribution is 7.92. The quantitative estimate of drug-likeness (QED) is 0.285. The zero-order chi connectivity index (χ0) is 28.7. The Kier molecular flexibility index (Phi) is 10.7. The number of hydrogen-bond acceptors (Lipinski definition) is 4. The highest BCUT2D eigenvalue weighted by atomic mass is 35.5. The number of sulfonamides is 1. The van der Waals surface area contributed by atoms with Gasteiger partial charge in [0.25, 0.3) is 10.0 Å². The molecule has 0 spiro atoms. The number of nitrogens with zero attached hydrogens (tertiary/aromatic N) is 2. The van der Waals surface area contributed by atoms with Crippen LogP contribution in [0.4, 0.5) is 5.69 Å². The van der Waals surface area contributed by atoms with Crippen molar-refractivity contribution in [2.45, 2.75) is 44.7 Å². The molecule has 3 aromatic rings. The first-order valence-electron chi connectivity index (χ1n) is 12.3. The lowest BCUT2D eigenvalue weighted by atomic mass is 10.1. The summed E-state index contributed by atoms with van der Waals surface area (Å²) in [6.07, 6.45) is 0.715. The van der Waals surface area contributed by atoms with Crippen molar-refractivity contribution in [3.05, 3.63) is 92.9 Å². The summed E-state index contributed by atoms with van der Waals surface area (Å²) < 4.78 is 28.7. The molecule has 0 bridgehead atoms. The van der Waals surface area contributed by atoms with Gasteiger partial charge < -0.3 is 10.2 Å². The number of hydrogen-bond donors (Lipinski definition) is 1. The average Bonchev–Trinajstić information content (AvgIpc) is 2.91. The van der Waals surface area contributed by atoms with Crippen molar-refractivity contribution in [2.75, 3.05) is 17.4 Å². The van der Waals surface area contributed by atoms with Crippen LogP contribution < -0.4 is 9.62 Å². The summed E-state index contributed by atoms with van der Waals surface area (Å²) in [5.41, 5.74) is 1.31. The van der Waals surface area contributed by atoms with Gasteiger partial charge in [-0.25, -0.2) is 8.42 Å². The third kappa shape index (κ3) is 7.45. The van der Waals surface area contributed by atoms with Crippen molar-refractivity contribution < 1.29 is 18.0 Å². The van der Waals surface area contributed by atoms with Crippen molar-refractivity contribution in [1.82, 2.24) is 10.2 Å². The molecule has 3 rings (SSSR count). The molecular weight excluding hydrogens is 581 g/mol. The SMILES string of the molecule is CCCNC(=O)[C@H](C)N(Cc1ccc(Cl)cc1Cl)C(=O)CN(c1cccc(Cl)c1C)S(=O)(=O)c1ccccc1. The molecule has 208 valence electrons. The van der Waals surface area contributed by atoms with Gasteiger partial charge >= 0.3 is 0 Å². The molecule has 0 unspecified atom stereocenters. The largest absolute Gasteiger partial charge is 0.354 e. The zero-order valence-corrected chi connectivity index (χ0v) is 24.9. The molecule has 1 atom stereocenters. The highest BCUT2D eigenvalue weighted by Crippen LogP contribution is 2.31. The monoisotopic (exact) mass is 609 g/mol. The molecule has 7 nitrogen and oxygen atoms in total. The minimum Gasteiger partial charge on any atom is -0.354 e. The Bertz CT molecular complexity index is 1440. The topological polar surface area (TPSA) is 86.8 Å². The fourth-order valence-electron chi connectivity index (χ4n) is 3.91. The van der Waals surface area contributed by atoms with E-state index in [9.17, 15) is 18.0 Å². The third-order valence-electron chi connectivity index (χ3n) is 6.19. The average molecular weight is 611 g/mol. The van der Waals surface area contributed by atoms with Crippen molar-refractivity contribution in [3.8, 4) is 0 Å². The Labute approximate surface area is 244 Å². The number of halogens is 3. The minimum atomic E-state index is -4.19. The lowest BCUT2D eigenvalue weighted by Crippen LogP contribution is -2.51. The van der Waals surface area contributed by atoms with E-state index in [2.05, 4.69) is 5.32 Å². The van der Waals surface area contributed by atoms with Gasteiger partial charge in [0.1, 0.15) is 12.6 Å². The summed E-state index contributed by atoms with van der Waals surface area (Å²) >= 11 is 18.8. The van der Waals surface area contributed by atoms with Crippen LogP contribution in [0.5, 0.6) is 0 Å². The van der Waals surface area contributed by atoms with Gasteiger partial charge in [0, 0.05) is 28.2 Å². The molecular formula is C28H30Cl3N3O4S. The first-order chi connectivity index (χ1) is 18.5. The molecule has 2 amide bonds. The second kappa shape index (κ2) is 13.5. The maximum absolute atomic E-state index is 13.9. The van der Waals surface area contributed by atoms with Crippen LogP contribution in [0.25, 0.3) is 0 Å². The van der Waals surface area contributed by atoms with E-state index >= 15 is 0 Å². The first-order valence-corrected chi connectivity index (χ1v) is 14.9. The number of rotatable bonds is 11. The van der Waals surface area contributed by atoms with Gasteiger partial charge in [0.2, 0.25) is 11.8 Å². The predicted octanol–water partition coefficient (Wildman–Crippen LogP) is 6.09. The van der Waals surface area contributed by atoms with E-state index in [1.807, 2.05) is 6.92 Å². The van der Waals surface area contributed by atoms with Crippen molar-refractivity contribution in [2.24, 2.45) is 0 Å². The molecule has 0 radical (unpaired) electrons. The van der Waals surface area contributed by atoms with Crippen LogP contribution in [0.2, 0.25) is 15.1 Å². The number of carbonyl (C=O) groups excluding carboxylic acids is 2. The van der Waals surface area contributed by atoms with E-state index in [1.54, 1.807) is 68.4 Å². The van der Waals surface area contributed by atoms with Gasteiger partial charge in [-0.15, -0.1) is 0 Å². The van der Waals surface area contributed by atoms with Gasteiger partial charge in [0.05, 0.1) is 10.6 Å². The Balaban J connectivity index is 2.07. The summed E-state index contributed by atoms with van der Waals surface area (Å²) in [4.78, 5) is 28.2. The molecule has 0 aliphatic heterocycles. The third-order valence-corrected chi connectivity index (χ3v) is 8.96. The maximum atomic E-state index is 13.9. The smallest absolute Gasteiger partial charge is 0.264 e. The Morgan fingerprint density at radius 3 is 2.28 bits per heavy atom. The van der Waals surface area contributed by atoms with E-state index in [-0.39, 0.29) is 23.0 Å². The zero-order valence-electron chi connectivity index (χ0n) is 21.8. The second-order valence-corrected chi connectivity index (χ2v) is 12.0. The normalized spacial score (nSPS) is 12.1. The minimum absolute atomic E-state index is 0.0122. The van der Waals surface area contributed by atoms with Crippen LogP contribution >= 0.6 is 34.8 Å². The van der Waals surface area contributed by atoms with Crippen molar-refractivity contribution in [1.29, 1.82) is 0 Å². The molecule has 0 aromatic heterocycles. The molecule has 3 aromatic carbocycles. The van der Waals surface area contributed by atoms with Crippen LogP contribution in [0, 0.1) is 6.92 Å². The summed E-state index contributed by atoms with van der Waals surface area (Å²) in [7, 11) is -4.19. The molecule has 0 aliphatic rings. The molecule has 11 heteroatoms. The van der Waals surface area contributed by atoms with Gasteiger partial charge in [-0.1, -0.05) is 72.1 Å². The van der Waals surface area contributed by atoms with Crippen LogP contribution in [0.1, 0.15) is 31.4 Å². The van der Waals surface area contributed by atoms with Crippen molar-refractivity contribution in [3.63, 3.8) is 0 Å². The fourth-order valence-corrected chi connectivity index (χ4v) is 6.04. The number of benzene rings is 3. The number of amides is 2. The van der Waals surface area contributed by atoms with Crippen LogP contribution in [0.3, 0.4) is 0 Å². The van der Waals surface area contributed by atoms with E-state index in [0.29, 0.717) is 39.2 Å². The molecule has 0 saturated carbocycles. The van der Waals surface area contributed by atoms with Gasteiger partial charge in [-0.3, -0.25) is 13.9 Å². The molecule has 0 aliphatic carbocycles. The van der Waals surface area contributed by atoms with Crippen LogP contribution in [-0.2, 0) is 26.2 Å². The lowest BCUT2D eigenvalue weighted by molar-refractivity contribution is -0.139. The first kappa shape index (κ1) is 30.8. The Morgan fingerprint density at radius 1 is 0.949 bits per heavy atom. The standard InChI is InChI=1S/C28H30Cl3N3O4S/c1-4-15-32-28(36)20(3)33(17-21-13-14-22(29)16-25(21)31)27(35)18-34(26-12-8-11-24(30)19(26)2)39(37,38)23-9-6-5-7-10-23/h5-14,16,20H,4,15,17-18H2,1-3H3,(H,32,36)/t20-/m0/s1. The van der Waals surface area contributed by atoms with Crippen molar-refractivity contribution >= 4 is 62.3 Å². The van der Waals surface area contributed by atoms with Gasteiger partial charge in [-0.05, 0) is 67.8 Å². The van der Waals surface area contributed by atoms with E-state index < -0.39 is 28.5 Å². The van der Waals surface area contributed by atoms with Gasteiger partial charge in [-0.2, -0.15) is 0 Å².